The largest absolute Gasteiger partial charge is 0.326 e. The molecule has 0 heterocycles. The number of carbonyl (C=O) groups is 1. The zero-order chi connectivity index (χ0) is 11.1. The molecule has 3 nitrogen and oxygen atoms in total. The minimum Gasteiger partial charge on any atom is -0.326 e. The minimum atomic E-state index is -0.0140. The van der Waals surface area contributed by atoms with Crippen molar-refractivity contribution in [2.45, 2.75) is 26.2 Å². The average Bonchev–Trinajstić information content (AvgIpc) is 2.26. The van der Waals surface area contributed by atoms with Crippen molar-refractivity contribution in [3.05, 3.63) is 29.8 Å². The van der Waals surface area contributed by atoms with Crippen LogP contribution < -0.4 is 5.32 Å². The highest BCUT2D eigenvalue weighted by Gasteiger charge is 2.01. The van der Waals surface area contributed by atoms with E-state index in [9.17, 15) is 9.59 Å². The summed E-state index contributed by atoms with van der Waals surface area (Å²) >= 11 is 0. The molecule has 0 saturated carbocycles. The number of unbranched alkanes of at least 4 members (excludes halogenated alkanes) is 1. The van der Waals surface area contributed by atoms with Gasteiger partial charge in [0.25, 0.3) is 0 Å². The molecule has 1 radical (unpaired) electrons. The summed E-state index contributed by atoms with van der Waals surface area (Å²) in [7, 11) is 0. The Morgan fingerprint density at radius 1 is 1.47 bits per heavy atom. The molecule has 1 aromatic rings. The quantitative estimate of drug-likeness (QED) is 0.799. The Hall–Kier alpha value is -1.64. The van der Waals surface area contributed by atoms with E-state index < -0.39 is 0 Å². The lowest BCUT2D eigenvalue weighted by Crippen LogP contribution is -2.10. The molecule has 0 unspecified atom stereocenters. The van der Waals surface area contributed by atoms with E-state index in [0.29, 0.717) is 17.7 Å². The van der Waals surface area contributed by atoms with Gasteiger partial charge in [0.15, 0.2) is 0 Å². The van der Waals surface area contributed by atoms with Crippen molar-refractivity contribution in [2.24, 2.45) is 0 Å². The molecule has 1 aromatic carbocycles. The first-order chi connectivity index (χ1) is 7.26. The zero-order valence-corrected chi connectivity index (χ0v) is 8.75. The van der Waals surface area contributed by atoms with E-state index in [4.69, 9.17) is 0 Å². The van der Waals surface area contributed by atoms with Crippen LogP contribution >= 0.6 is 0 Å². The molecule has 15 heavy (non-hydrogen) atoms. The molecular weight excluding hydrogens is 190 g/mol. The molecule has 0 aromatic heterocycles. The summed E-state index contributed by atoms with van der Waals surface area (Å²) in [6, 6.07) is 6.73. The van der Waals surface area contributed by atoms with Gasteiger partial charge in [-0.3, -0.25) is 9.59 Å². The second kappa shape index (κ2) is 5.96. The van der Waals surface area contributed by atoms with Gasteiger partial charge in [0, 0.05) is 17.7 Å². The van der Waals surface area contributed by atoms with Gasteiger partial charge < -0.3 is 5.32 Å². The highest BCUT2D eigenvalue weighted by atomic mass is 16.1. The highest BCUT2D eigenvalue weighted by molar-refractivity contribution is 5.91. The summed E-state index contributed by atoms with van der Waals surface area (Å²) in [5.41, 5.74) is 1.10. The first kappa shape index (κ1) is 11.4. The van der Waals surface area contributed by atoms with Crippen LogP contribution in [-0.2, 0) is 9.59 Å². The van der Waals surface area contributed by atoms with Gasteiger partial charge in [-0.2, -0.15) is 0 Å². The summed E-state index contributed by atoms with van der Waals surface area (Å²) in [5.74, 6) is -0.0140. The maximum absolute atomic E-state index is 11.4. The van der Waals surface area contributed by atoms with Crippen molar-refractivity contribution >= 4 is 17.9 Å². The van der Waals surface area contributed by atoms with Crippen LogP contribution in [0.3, 0.4) is 0 Å². The van der Waals surface area contributed by atoms with Crippen molar-refractivity contribution in [3.8, 4) is 0 Å². The van der Waals surface area contributed by atoms with Gasteiger partial charge >= 0.3 is 0 Å². The van der Waals surface area contributed by atoms with Crippen LogP contribution in [0.25, 0.3) is 0 Å². The maximum Gasteiger partial charge on any atom is 0.233 e. The van der Waals surface area contributed by atoms with E-state index in [0.717, 1.165) is 12.8 Å². The average molecular weight is 204 g/mol. The standard InChI is InChI=1S/C12H14NO2/c1-2-3-7-12(15)13-11-6-4-5-10(8-11)9-14/h4-6,8H,2-3,7H2,1H3,(H,13,15). The van der Waals surface area contributed by atoms with E-state index in [1.54, 1.807) is 30.6 Å². The lowest BCUT2D eigenvalue weighted by Gasteiger charge is -2.04. The van der Waals surface area contributed by atoms with Crippen molar-refractivity contribution in [3.63, 3.8) is 0 Å². The van der Waals surface area contributed by atoms with Crippen LogP contribution in [-0.4, -0.2) is 12.2 Å². The lowest BCUT2D eigenvalue weighted by molar-refractivity contribution is -0.116. The van der Waals surface area contributed by atoms with Crippen LogP contribution in [0.15, 0.2) is 24.3 Å². The fourth-order valence-corrected chi connectivity index (χ4v) is 1.22. The third-order valence-corrected chi connectivity index (χ3v) is 2.02. The number of amides is 1. The normalized spacial score (nSPS) is 9.67. The van der Waals surface area contributed by atoms with Crippen molar-refractivity contribution in [1.29, 1.82) is 0 Å². The molecule has 0 aliphatic carbocycles. The Kier molecular flexibility index (Phi) is 4.54. The summed E-state index contributed by atoms with van der Waals surface area (Å²) in [6.07, 6.45) is 4.18. The van der Waals surface area contributed by atoms with Crippen LogP contribution in [0.2, 0.25) is 0 Å². The molecule has 1 N–H and O–H groups in total. The smallest absolute Gasteiger partial charge is 0.233 e. The minimum absolute atomic E-state index is 0.0140. The van der Waals surface area contributed by atoms with Gasteiger partial charge in [0.1, 0.15) is 0 Å². The molecule has 3 heteroatoms. The Balaban J connectivity index is 2.56. The number of hydrogen-bond donors (Lipinski definition) is 1. The van der Waals surface area contributed by atoms with Gasteiger partial charge in [-0.25, -0.2) is 0 Å². The Labute approximate surface area is 89.5 Å². The maximum atomic E-state index is 11.4. The lowest BCUT2D eigenvalue weighted by atomic mass is 10.2. The Bertz CT molecular complexity index is 347. The number of anilines is 1. The van der Waals surface area contributed by atoms with Gasteiger partial charge in [0.2, 0.25) is 12.2 Å². The van der Waals surface area contributed by atoms with Gasteiger partial charge in [0.05, 0.1) is 0 Å². The summed E-state index contributed by atoms with van der Waals surface area (Å²) in [6.45, 7) is 2.04. The summed E-state index contributed by atoms with van der Waals surface area (Å²) in [4.78, 5) is 21.7. The third-order valence-electron chi connectivity index (χ3n) is 2.02. The number of benzene rings is 1. The highest BCUT2D eigenvalue weighted by Crippen LogP contribution is 2.09. The van der Waals surface area contributed by atoms with E-state index in [1.807, 2.05) is 6.92 Å². The second-order valence-corrected chi connectivity index (χ2v) is 3.33. The Morgan fingerprint density at radius 2 is 2.27 bits per heavy atom. The first-order valence-electron chi connectivity index (χ1n) is 5.04. The third kappa shape index (κ3) is 3.94. The summed E-state index contributed by atoms with van der Waals surface area (Å²) in [5, 5.41) is 2.73. The van der Waals surface area contributed by atoms with Gasteiger partial charge in [-0.15, -0.1) is 0 Å². The second-order valence-electron chi connectivity index (χ2n) is 3.33. The van der Waals surface area contributed by atoms with Crippen LogP contribution in [0, 0.1) is 0 Å². The van der Waals surface area contributed by atoms with E-state index in [2.05, 4.69) is 5.32 Å². The van der Waals surface area contributed by atoms with Crippen molar-refractivity contribution < 1.29 is 9.59 Å². The monoisotopic (exact) mass is 204 g/mol. The van der Waals surface area contributed by atoms with Crippen LogP contribution in [0.4, 0.5) is 5.69 Å². The molecule has 0 bridgehead atoms. The topological polar surface area (TPSA) is 46.2 Å². The van der Waals surface area contributed by atoms with E-state index in [-0.39, 0.29) is 5.91 Å². The zero-order valence-electron chi connectivity index (χ0n) is 8.75. The molecule has 1 amide bonds. The summed E-state index contributed by atoms with van der Waals surface area (Å²) < 4.78 is 0. The number of carbonyl (C=O) groups excluding carboxylic acids is 2. The predicted octanol–water partition coefficient (Wildman–Crippen LogP) is 2.27. The van der Waals surface area contributed by atoms with E-state index in [1.165, 1.54) is 0 Å². The predicted molar refractivity (Wildman–Crippen MR) is 59.4 cm³/mol. The first-order valence-corrected chi connectivity index (χ1v) is 5.04. The van der Waals surface area contributed by atoms with E-state index >= 15 is 0 Å². The number of hydrogen-bond acceptors (Lipinski definition) is 2. The number of rotatable bonds is 5. The molecule has 0 aliphatic heterocycles. The molecule has 0 spiro atoms. The molecule has 0 fully saturated rings. The fraction of sp³-hybridized carbons (Fsp3) is 0.333. The van der Waals surface area contributed by atoms with Crippen LogP contribution in [0.1, 0.15) is 31.7 Å². The molecule has 0 atom stereocenters. The van der Waals surface area contributed by atoms with Crippen molar-refractivity contribution in [2.75, 3.05) is 5.32 Å². The fourth-order valence-electron chi connectivity index (χ4n) is 1.22. The molecule has 0 aliphatic rings. The molecule has 79 valence electrons. The number of nitrogens with one attached hydrogen (secondary N) is 1. The van der Waals surface area contributed by atoms with Gasteiger partial charge in [-0.05, 0) is 18.6 Å². The molecule has 1 rings (SSSR count). The molecular formula is C12H14NO2. The Morgan fingerprint density at radius 3 is 2.93 bits per heavy atom. The van der Waals surface area contributed by atoms with Crippen LogP contribution in [0.5, 0.6) is 0 Å². The van der Waals surface area contributed by atoms with Gasteiger partial charge in [-0.1, -0.05) is 25.5 Å². The molecule has 0 saturated heterocycles. The SMILES string of the molecule is CCCCC(=O)Nc1cccc([C]=O)c1. The van der Waals surface area contributed by atoms with Crippen molar-refractivity contribution in [1.82, 2.24) is 0 Å².